The summed E-state index contributed by atoms with van der Waals surface area (Å²) in [6, 6.07) is 23.0. The molecule has 0 aromatic heterocycles. The maximum absolute atomic E-state index is 15.0. The van der Waals surface area contributed by atoms with Gasteiger partial charge in [0.05, 0.1) is 5.02 Å². The molecule has 3 aromatic rings. The van der Waals surface area contributed by atoms with Gasteiger partial charge in [-0.2, -0.15) is 0 Å². The molecule has 0 bridgehead atoms. The van der Waals surface area contributed by atoms with Gasteiger partial charge in [-0.15, -0.1) is 0 Å². The average Bonchev–Trinajstić information content (AvgIpc) is 2.71. The summed E-state index contributed by atoms with van der Waals surface area (Å²) >= 11 is 6.57. The van der Waals surface area contributed by atoms with Crippen molar-refractivity contribution in [3.63, 3.8) is 0 Å². The highest BCUT2D eigenvalue weighted by Gasteiger charge is 2.52. The molecule has 0 radical (unpaired) electrons. The van der Waals surface area contributed by atoms with Crippen LogP contribution in [0.15, 0.2) is 72.8 Å². The molecular weight excluding hydrogens is 403 g/mol. The molecule has 0 spiro atoms. The topological polar surface area (TPSA) is 29.5 Å². The Kier molecular flexibility index (Phi) is 6.47. The Labute approximate surface area is 178 Å². The van der Waals surface area contributed by atoms with E-state index in [4.69, 9.17) is 16.0 Å². The van der Waals surface area contributed by atoms with Crippen LogP contribution in [0.1, 0.15) is 26.3 Å². The summed E-state index contributed by atoms with van der Waals surface area (Å²) < 4.78 is 21.7. The number of hydrogen-bond acceptors (Lipinski definition) is 2. The first kappa shape index (κ1) is 21.6. The Hall–Kier alpha value is -2.14. The monoisotopic (exact) mass is 428 g/mol. The number of benzene rings is 3. The van der Waals surface area contributed by atoms with Gasteiger partial charge in [0.25, 0.3) is 0 Å². The van der Waals surface area contributed by atoms with Crippen LogP contribution in [-0.2, 0) is 6.42 Å². The zero-order valence-corrected chi connectivity index (χ0v) is 18.7. The Bertz CT molecular complexity index is 916. The van der Waals surface area contributed by atoms with Gasteiger partial charge >= 0.3 is 8.32 Å². The second-order valence-electron chi connectivity index (χ2n) is 8.09. The molecular formula is C24H26ClFO2Si. The maximum Gasteiger partial charge on any atom is 0.320 e. The van der Waals surface area contributed by atoms with Crippen LogP contribution in [-0.4, -0.2) is 20.0 Å². The van der Waals surface area contributed by atoms with Gasteiger partial charge in [0.15, 0.2) is 11.6 Å². The first-order valence-corrected chi connectivity index (χ1v) is 12.0. The molecule has 3 aromatic carbocycles. The van der Waals surface area contributed by atoms with E-state index in [1.807, 2.05) is 60.7 Å². The largest absolute Gasteiger partial charge is 0.531 e. The van der Waals surface area contributed by atoms with Gasteiger partial charge in [-0.3, -0.25) is 0 Å². The van der Waals surface area contributed by atoms with E-state index in [1.54, 1.807) is 6.07 Å². The number of rotatable bonds is 6. The molecule has 0 saturated carbocycles. The van der Waals surface area contributed by atoms with Crippen LogP contribution in [0.25, 0.3) is 0 Å². The van der Waals surface area contributed by atoms with Gasteiger partial charge in [-0.1, -0.05) is 99.1 Å². The molecule has 0 unspecified atom stereocenters. The van der Waals surface area contributed by atoms with Crippen LogP contribution in [0.2, 0.25) is 10.1 Å². The van der Waals surface area contributed by atoms with E-state index in [-0.39, 0.29) is 22.4 Å². The third-order valence-corrected chi connectivity index (χ3v) is 10.5. The Morgan fingerprint density at radius 2 is 1.41 bits per heavy atom. The van der Waals surface area contributed by atoms with E-state index in [0.29, 0.717) is 12.0 Å². The predicted octanol–water partition coefficient (Wildman–Crippen LogP) is 4.95. The molecule has 0 heterocycles. The van der Waals surface area contributed by atoms with E-state index in [2.05, 4.69) is 20.8 Å². The summed E-state index contributed by atoms with van der Waals surface area (Å²) in [6.45, 7) is 6.32. The molecule has 0 aliphatic heterocycles. The minimum absolute atomic E-state index is 0.0620. The van der Waals surface area contributed by atoms with Crippen LogP contribution < -0.4 is 14.8 Å². The predicted molar refractivity (Wildman–Crippen MR) is 120 cm³/mol. The first-order valence-electron chi connectivity index (χ1n) is 9.69. The van der Waals surface area contributed by atoms with Crippen molar-refractivity contribution in [2.45, 2.75) is 32.2 Å². The molecule has 2 nitrogen and oxygen atoms in total. The van der Waals surface area contributed by atoms with E-state index in [9.17, 15) is 9.50 Å². The van der Waals surface area contributed by atoms with Crippen molar-refractivity contribution >= 4 is 30.3 Å². The van der Waals surface area contributed by atoms with Crippen LogP contribution >= 0.6 is 11.6 Å². The molecule has 0 amide bonds. The fourth-order valence-corrected chi connectivity index (χ4v) is 8.57. The van der Waals surface area contributed by atoms with Crippen LogP contribution in [0.4, 0.5) is 4.39 Å². The highest BCUT2D eigenvalue weighted by atomic mass is 35.5. The number of aliphatic hydroxyl groups is 1. The van der Waals surface area contributed by atoms with Gasteiger partial charge in [0, 0.05) is 6.61 Å². The molecule has 5 heteroatoms. The molecule has 0 fully saturated rings. The SMILES string of the molecule is CC(C)(C)[Si](Oc1c(F)ccc(CCO)c1Cl)(c1ccccc1)c1ccccc1. The smallest absolute Gasteiger partial charge is 0.320 e. The standard InChI is InChI=1S/C24H26ClFO2Si/c1-24(2,3)29(19-10-6-4-7-11-19,20-12-8-5-9-13-20)28-23-21(26)15-14-18(16-17-27)22(23)25/h4-15,27H,16-17H2,1-3H3. The third kappa shape index (κ3) is 4.11. The van der Waals surface area contributed by atoms with Crippen LogP contribution in [0.3, 0.4) is 0 Å². The van der Waals surface area contributed by atoms with Gasteiger partial charge < -0.3 is 9.53 Å². The van der Waals surface area contributed by atoms with Gasteiger partial charge in [0.1, 0.15) is 0 Å². The average molecular weight is 429 g/mol. The molecule has 29 heavy (non-hydrogen) atoms. The van der Waals surface area contributed by atoms with Crippen molar-refractivity contribution in [3.8, 4) is 5.75 Å². The van der Waals surface area contributed by atoms with Crippen molar-refractivity contribution in [1.29, 1.82) is 0 Å². The number of halogens is 2. The minimum Gasteiger partial charge on any atom is -0.531 e. The normalized spacial score (nSPS) is 12.1. The number of hydrogen-bond donors (Lipinski definition) is 1. The van der Waals surface area contributed by atoms with E-state index >= 15 is 0 Å². The van der Waals surface area contributed by atoms with E-state index < -0.39 is 14.1 Å². The summed E-state index contributed by atoms with van der Waals surface area (Å²) in [7, 11) is -2.99. The molecule has 0 atom stereocenters. The second kappa shape index (κ2) is 8.70. The van der Waals surface area contributed by atoms with E-state index in [0.717, 1.165) is 10.4 Å². The van der Waals surface area contributed by atoms with Gasteiger partial charge in [-0.05, 0) is 33.5 Å². The quantitative estimate of drug-likeness (QED) is 0.562. The van der Waals surface area contributed by atoms with Crippen LogP contribution in [0, 0.1) is 5.82 Å². The van der Waals surface area contributed by atoms with E-state index in [1.165, 1.54) is 6.07 Å². The van der Waals surface area contributed by atoms with Gasteiger partial charge in [-0.25, -0.2) is 4.39 Å². The van der Waals surface area contributed by atoms with Crippen molar-refractivity contribution in [2.75, 3.05) is 6.61 Å². The lowest BCUT2D eigenvalue weighted by Gasteiger charge is -2.43. The molecule has 0 aliphatic rings. The van der Waals surface area contributed by atoms with Crippen molar-refractivity contribution in [2.24, 2.45) is 0 Å². The Morgan fingerprint density at radius 1 is 0.897 bits per heavy atom. The molecule has 0 saturated heterocycles. The summed E-state index contributed by atoms with van der Waals surface area (Å²) in [5.41, 5.74) is 0.670. The van der Waals surface area contributed by atoms with Gasteiger partial charge in [0.2, 0.25) is 0 Å². The molecule has 1 N–H and O–H groups in total. The third-order valence-electron chi connectivity index (χ3n) is 5.18. The summed E-state index contributed by atoms with van der Waals surface area (Å²) in [4.78, 5) is 0. The first-order chi connectivity index (χ1) is 13.8. The fraction of sp³-hybridized carbons (Fsp3) is 0.250. The summed E-state index contributed by atoms with van der Waals surface area (Å²) in [5.74, 6) is -0.434. The summed E-state index contributed by atoms with van der Waals surface area (Å²) in [6.07, 6.45) is 0.343. The van der Waals surface area contributed by atoms with Crippen molar-refractivity contribution in [3.05, 3.63) is 89.2 Å². The highest BCUT2D eigenvalue weighted by Crippen LogP contribution is 2.41. The number of aliphatic hydroxyl groups excluding tert-OH is 1. The molecule has 0 aliphatic carbocycles. The van der Waals surface area contributed by atoms with Crippen LogP contribution in [0.5, 0.6) is 5.75 Å². The summed E-state index contributed by atoms with van der Waals surface area (Å²) in [5, 5.41) is 11.3. The Morgan fingerprint density at radius 3 is 1.86 bits per heavy atom. The highest BCUT2D eigenvalue weighted by molar-refractivity contribution is 7.00. The zero-order chi connectivity index (χ0) is 21.1. The molecule has 3 rings (SSSR count). The zero-order valence-electron chi connectivity index (χ0n) is 17.0. The maximum atomic E-state index is 15.0. The second-order valence-corrected chi connectivity index (χ2v) is 12.7. The molecule has 152 valence electrons. The lowest BCUT2D eigenvalue weighted by atomic mass is 10.1. The lowest BCUT2D eigenvalue weighted by molar-refractivity contribution is 0.299. The van der Waals surface area contributed by atoms with Crippen molar-refractivity contribution < 1.29 is 13.9 Å². The Balaban J connectivity index is 2.29. The van der Waals surface area contributed by atoms with Crippen molar-refractivity contribution in [1.82, 2.24) is 0 Å². The fourth-order valence-electron chi connectivity index (χ4n) is 3.78. The minimum atomic E-state index is -2.99. The lowest BCUT2D eigenvalue weighted by Crippen LogP contribution is -2.69.